The SMILES string of the molecule is CN1Cn2cc(C(=O)NCc3ccc(F)cc3)c(=O)c(O)c2C(=O)N1C. The highest BCUT2D eigenvalue weighted by Crippen LogP contribution is 2.21. The van der Waals surface area contributed by atoms with Crippen molar-refractivity contribution in [3.8, 4) is 5.75 Å². The minimum atomic E-state index is -0.917. The zero-order valence-electron chi connectivity index (χ0n) is 14.2. The maximum atomic E-state index is 12.9. The van der Waals surface area contributed by atoms with Crippen molar-refractivity contribution in [3.05, 3.63) is 63.3 Å². The number of nitrogens with one attached hydrogen (secondary N) is 1. The highest BCUT2D eigenvalue weighted by molar-refractivity contribution is 5.98. The van der Waals surface area contributed by atoms with Gasteiger partial charge in [0.1, 0.15) is 11.4 Å². The monoisotopic (exact) mass is 360 g/mol. The average molecular weight is 360 g/mol. The lowest BCUT2D eigenvalue weighted by Gasteiger charge is -2.35. The number of aromatic nitrogens is 1. The van der Waals surface area contributed by atoms with E-state index in [1.165, 1.54) is 47.1 Å². The van der Waals surface area contributed by atoms with E-state index in [0.717, 1.165) is 0 Å². The number of rotatable bonds is 3. The van der Waals surface area contributed by atoms with E-state index in [-0.39, 0.29) is 24.5 Å². The molecule has 2 aromatic rings. The van der Waals surface area contributed by atoms with Crippen molar-refractivity contribution in [2.45, 2.75) is 13.2 Å². The zero-order valence-corrected chi connectivity index (χ0v) is 14.2. The van der Waals surface area contributed by atoms with E-state index in [4.69, 9.17) is 0 Å². The summed E-state index contributed by atoms with van der Waals surface area (Å²) in [4.78, 5) is 36.9. The summed E-state index contributed by atoms with van der Waals surface area (Å²) in [7, 11) is 3.17. The van der Waals surface area contributed by atoms with Crippen molar-refractivity contribution in [3.63, 3.8) is 0 Å². The number of aromatic hydroxyl groups is 1. The molecule has 0 radical (unpaired) electrons. The lowest BCUT2D eigenvalue weighted by molar-refractivity contribution is -0.0101. The van der Waals surface area contributed by atoms with Gasteiger partial charge in [0.2, 0.25) is 5.43 Å². The Morgan fingerprint density at radius 2 is 1.88 bits per heavy atom. The molecular weight excluding hydrogens is 343 g/mol. The van der Waals surface area contributed by atoms with Crippen LogP contribution in [0.1, 0.15) is 26.4 Å². The zero-order chi connectivity index (χ0) is 19.0. The van der Waals surface area contributed by atoms with Crippen LogP contribution in [0, 0.1) is 5.82 Å². The molecule has 1 aromatic carbocycles. The van der Waals surface area contributed by atoms with Gasteiger partial charge in [0.05, 0.1) is 6.67 Å². The first-order chi connectivity index (χ1) is 12.3. The molecule has 3 rings (SSSR count). The predicted octanol–water partition coefficient (Wildman–Crippen LogP) is 0.513. The van der Waals surface area contributed by atoms with Crippen LogP contribution in [0.3, 0.4) is 0 Å². The van der Waals surface area contributed by atoms with E-state index in [2.05, 4.69) is 5.32 Å². The summed E-state index contributed by atoms with van der Waals surface area (Å²) in [5.41, 5.74) is -0.706. The number of pyridine rings is 1. The minimum Gasteiger partial charge on any atom is -0.503 e. The molecule has 2 amide bonds. The van der Waals surface area contributed by atoms with Crippen LogP contribution in [0.4, 0.5) is 4.39 Å². The summed E-state index contributed by atoms with van der Waals surface area (Å²) in [6.45, 7) is 0.270. The number of carbonyl (C=O) groups excluding carboxylic acids is 2. The fraction of sp³-hybridized carbons (Fsp3) is 0.235. The highest BCUT2D eigenvalue weighted by Gasteiger charge is 2.31. The van der Waals surface area contributed by atoms with E-state index in [0.29, 0.717) is 5.56 Å². The molecule has 2 heterocycles. The Morgan fingerprint density at radius 1 is 1.23 bits per heavy atom. The Kier molecular flexibility index (Phi) is 4.47. The molecule has 1 aromatic heterocycles. The smallest absolute Gasteiger partial charge is 0.288 e. The second-order valence-corrected chi connectivity index (χ2v) is 5.98. The Hall–Kier alpha value is -3.20. The number of benzene rings is 1. The topological polar surface area (TPSA) is 94.9 Å². The van der Waals surface area contributed by atoms with E-state index >= 15 is 0 Å². The largest absolute Gasteiger partial charge is 0.503 e. The first-order valence-electron chi connectivity index (χ1n) is 7.77. The number of nitrogens with zero attached hydrogens (tertiary/aromatic N) is 3. The van der Waals surface area contributed by atoms with Crippen LogP contribution in [-0.2, 0) is 13.2 Å². The molecule has 0 atom stereocenters. The van der Waals surface area contributed by atoms with E-state index < -0.39 is 28.8 Å². The van der Waals surface area contributed by atoms with Gasteiger partial charge >= 0.3 is 0 Å². The van der Waals surface area contributed by atoms with Gasteiger partial charge in [-0.3, -0.25) is 19.4 Å². The summed E-state index contributed by atoms with van der Waals surface area (Å²) in [6, 6.07) is 5.55. The number of carbonyl (C=O) groups is 2. The van der Waals surface area contributed by atoms with Gasteiger partial charge in [0.15, 0.2) is 11.4 Å². The molecule has 1 aliphatic heterocycles. The van der Waals surface area contributed by atoms with Crippen molar-refractivity contribution in [1.29, 1.82) is 0 Å². The van der Waals surface area contributed by atoms with Gasteiger partial charge in [0, 0.05) is 26.8 Å². The standard InChI is InChI=1S/C17H17FN4O4/c1-20-9-22-8-12(14(23)15(24)13(22)17(26)21(20)2)16(25)19-7-10-3-5-11(18)6-4-10/h3-6,8,24H,7,9H2,1-2H3,(H,19,25). The van der Waals surface area contributed by atoms with Crippen LogP contribution in [0.2, 0.25) is 0 Å². The van der Waals surface area contributed by atoms with Gasteiger partial charge in [-0.2, -0.15) is 0 Å². The van der Waals surface area contributed by atoms with Gasteiger partial charge in [-0.15, -0.1) is 0 Å². The van der Waals surface area contributed by atoms with Crippen LogP contribution >= 0.6 is 0 Å². The quantitative estimate of drug-likeness (QED) is 0.832. The van der Waals surface area contributed by atoms with Gasteiger partial charge in [-0.1, -0.05) is 12.1 Å². The molecule has 0 fully saturated rings. The van der Waals surface area contributed by atoms with Crippen LogP contribution in [0.5, 0.6) is 5.75 Å². The van der Waals surface area contributed by atoms with Crippen LogP contribution in [-0.4, -0.2) is 45.6 Å². The molecule has 26 heavy (non-hydrogen) atoms. The highest BCUT2D eigenvalue weighted by atomic mass is 19.1. The van der Waals surface area contributed by atoms with Crippen molar-refractivity contribution >= 4 is 11.8 Å². The number of hydrazine groups is 1. The van der Waals surface area contributed by atoms with Crippen molar-refractivity contribution in [2.75, 3.05) is 14.1 Å². The van der Waals surface area contributed by atoms with Gasteiger partial charge in [0.25, 0.3) is 11.8 Å². The molecular formula is C17H17FN4O4. The number of amides is 2. The second kappa shape index (κ2) is 6.60. The van der Waals surface area contributed by atoms with E-state index in [1.54, 1.807) is 12.1 Å². The van der Waals surface area contributed by atoms with E-state index in [9.17, 15) is 23.9 Å². The Labute approximate surface area is 148 Å². The van der Waals surface area contributed by atoms with Crippen molar-refractivity contribution < 1.29 is 19.1 Å². The minimum absolute atomic E-state index is 0.0860. The number of halogens is 1. The molecule has 0 unspecified atom stereocenters. The van der Waals surface area contributed by atoms with Crippen molar-refractivity contribution in [1.82, 2.24) is 19.9 Å². The molecule has 0 spiro atoms. The molecule has 0 bridgehead atoms. The maximum absolute atomic E-state index is 12.9. The summed E-state index contributed by atoms with van der Waals surface area (Å²) in [5, 5.41) is 15.5. The van der Waals surface area contributed by atoms with Gasteiger partial charge < -0.3 is 15.0 Å². The van der Waals surface area contributed by atoms with Crippen LogP contribution in [0.25, 0.3) is 0 Å². The molecule has 0 saturated carbocycles. The molecule has 9 heteroatoms. The van der Waals surface area contributed by atoms with Crippen molar-refractivity contribution in [2.24, 2.45) is 0 Å². The van der Waals surface area contributed by atoms with E-state index in [1.807, 2.05) is 0 Å². The number of hydrogen-bond donors (Lipinski definition) is 2. The normalized spacial score (nSPS) is 14.3. The molecule has 2 N–H and O–H groups in total. The third-order valence-corrected chi connectivity index (χ3v) is 4.23. The first-order valence-corrected chi connectivity index (χ1v) is 7.77. The lowest BCUT2D eigenvalue weighted by Crippen LogP contribution is -2.49. The predicted molar refractivity (Wildman–Crippen MR) is 89.8 cm³/mol. The Balaban J connectivity index is 1.89. The fourth-order valence-corrected chi connectivity index (χ4v) is 2.65. The van der Waals surface area contributed by atoms with Gasteiger partial charge in [-0.05, 0) is 17.7 Å². The summed E-state index contributed by atoms with van der Waals surface area (Å²) in [5.74, 6) is -2.40. The van der Waals surface area contributed by atoms with Gasteiger partial charge in [-0.25, -0.2) is 9.40 Å². The summed E-state index contributed by atoms with van der Waals surface area (Å²) in [6.07, 6.45) is 1.25. The molecule has 136 valence electrons. The fourth-order valence-electron chi connectivity index (χ4n) is 2.65. The molecule has 0 aliphatic carbocycles. The van der Waals surface area contributed by atoms with Crippen LogP contribution < -0.4 is 10.7 Å². The average Bonchev–Trinajstić information content (AvgIpc) is 2.61. The Morgan fingerprint density at radius 3 is 2.54 bits per heavy atom. The first kappa shape index (κ1) is 17.6. The third kappa shape index (κ3) is 3.04. The third-order valence-electron chi connectivity index (χ3n) is 4.23. The molecule has 1 aliphatic rings. The molecule has 8 nitrogen and oxygen atoms in total. The second-order valence-electron chi connectivity index (χ2n) is 5.98. The number of fused-ring (bicyclic) bond motifs is 1. The lowest BCUT2D eigenvalue weighted by atomic mass is 10.1. The molecule has 0 saturated heterocycles. The summed E-state index contributed by atoms with van der Waals surface area (Å²) >= 11 is 0. The van der Waals surface area contributed by atoms with Crippen LogP contribution in [0.15, 0.2) is 35.3 Å². The Bertz CT molecular complexity index is 939. The summed E-state index contributed by atoms with van der Waals surface area (Å²) < 4.78 is 14.3. The maximum Gasteiger partial charge on any atom is 0.288 e. The number of hydrogen-bond acceptors (Lipinski definition) is 5.